The lowest BCUT2D eigenvalue weighted by Crippen LogP contribution is -2.28. The molecule has 1 heterocycles. The molecule has 1 saturated carbocycles. The molecule has 0 atom stereocenters. The number of aromatic nitrogens is 2. The van der Waals surface area contributed by atoms with Gasteiger partial charge in [0.25, 0.3) is 0 Å². The predicted molar refractivity (Wildman–Crippen MR) is 121 cm³/mol. The summed E-state index contributed by atoms with van der Waals surface area (Å²) in [6, 6.07) is 14.7. The molecule has 5 N–H and O–H groups in total. The molecule has 35 heavy (non-hydrogen) atoms. The predicted octanol–water partition coefficient (Wildman–Crippen LogP) is 4.38. The average Bonchev–Trinajstić information content (AvgIpc) is 3.53. The van der Waals surface area contributed by atoms with Crippen LogP contribution < -0.4 is 16.0 Å². The molecule has 1 fully saturated rings. The number of hydrogen-bond donors (Lipinski definition) is 5. The summed E-state index contributed by atoms with van der Waals surface area (Å²) in [6.07, 6.45) is 0.416. The van der Waals surface area contributed by atoms with E-state index in [1.165, 1.54) is 0 Å². The molecule has 3 amide bonds. The summed E-state index contributed by atoms with van der Waals surface area (Å²) in [5.74, 6) is -2.53. The number of halogens is 3. The van der Waals surface area contributed by atoms with Crippen LogP contribution in [0.15, 0.2) is 60.9 Å². The third kappa shape index (κ3) is 8.18. The number of amides is 3. The third-order valence-electron chi connectivity index (χ3n) is 4.81. The fourth-order valence-electron chi connectivity index (χ4n) is 2.86. The highest BCUT2D eigenvalue weighted by atomic mass is 19.4. The average molecular weight is 489 g/mol. The van der Waals surface area contributed by atoms with Crippen LogP contribution in [0.3, 0.4) is 0 Å². The van der Waals surface area contributed by atoms with E-state index in [9.17, 15) is 22.8 Å². The van der Waals surface area contributed by atoms with Gasteiger partial charge >= 0.3 is 18.2 Å². The van der Waals surface area contributed by atoms with E-state index in [4.69, 9.17) is 9.90 Å². The summed E-state index contributed by atoms with van der Waals surface area (Å²) in [4.78, 5) is 32.9. The fourth-order valence-corrected chi connectivity index (χ4v) is 2.86. The smallest absolute Gasteiger partial charge is 0.475 e. The van der Waals surface area contributed by atoms with Gasteiger partial charge in [-0.05, 0) is 48.2 Å². The van der Waals surface area contributed by atoms with Crippen molar-refractivity contribution in [2.45, 2.75) is 25.6 Å². The van der Waals surface area contributed by atoms with Crippen molar-refractivity contribution < 1.29 is 32.7 Å². The molecule has 4 rings (SSSR count). The molecule has 3 aromatic rings. The Balaban J connectivity index is 0.000000429. The number of carboxylic acids is 1. The highest BCUT2D eigenvalue weighted by Gasteiger charge is 2.38. The van der Waals surface area contributed by atoms with Gasteiger partial charge in [0.05, 0.1) is 6.20 Å². The molecule has 0 spiro atoms. The number of carbonyl (C=O) groups excluding carboxylic acids is 2. The molecule has 1 aliphatic rings. The minimum atomic E-state index is -5.08. The third-order valence-corrected chi connectivity index (χ3v) is 4.81. The number of carbonyl (C=O) groups is 3. The maximum atomic E-state index is 12.2. The Labute approximate surface area is 197 Å². The first-order chi connectivity index (χ1) is 16.6. The SMILES string of the molecule is O=C(NCc1cccc(NC(=O)C2CC2)c1)Nc1ccc(-c2cn[nH]c2)cc1.O=C(O)C(F)(F)F. The zero-order valence-corrected chi connectivity index (χ0v) is 18.2. The van der Waals surface area contributed by atoms with Crippen molar-refractivity contribution in [3.05, 3.63) is 66.5 Å². The standard InChI is InChI=1S/C21H21N5O2.C2HF3O2/c27-20(16-4-5-16)25-19-3-1-2-14(10-19)11-22-21(28)26-18-8-6-15(7-9-18)17-12-23-24-13-17;3-2(4,5)1(6)7/h1-3,6-10,12-13,16H,4-5,11H2,(H,23,24)(H,25,27)(H2,22,26,28);(H,6,7). The number of urea groups is 1. The summed E-state index contributed by atoms with van der Waals surface area (Å²) in [5, 5.41) is 22.4. The minimum absolute atomic E-state index is 0.0710. The molecular formula is C23H22F3N5O4. The fraction of sp³-hybridized carbons (Fsp3) is 0.217. The van der Waals surface area contributed by atoms with E-state index >= 15 is 0 Å². The van der Waals surface area contributed by atoms with E-state index < -0.39 is 12.1 Å². The lowest BCUT2D eigenvalue weighted by molar-refractivity contribution is -0.192. The second-order valence-corrected chi connectivity index (χ2v) is 7.64. The molecular weight excluding hydrogens is 467 g/mol. The van der Waals surface area contributed by atoms with Gasteiger partial charge in [-0.15, -0.1) is 0 Å². The number of anilines is 2. The molecule has 2 aromatic carbocycles. The molecule has 12 heteroatoms. The molecule has 1 aliphatic carbocycles. The highest BCUT2D eigenvalue weighted by Crippen LogP contribution is 2.30. The number of H-pyrrole nitrogens is 1. The van der Waals surface area contributed by atoms with Gasteiger partial charge < -0.3 is 21.1 Å². The Morgan fingerprint density at radius 1 is 1.00 bits per heavy atom. The Kier molecular flexibility index (Phi) is 8.08. The van der Waals surface area contributed by atoms with Gasteiger partial charge in [0.1, 0.15) is 0 Å². The van der Waals surface area contributed by atoms with E-state index in [1.807, 2.05) is 54.7 Å². The maximum Gasteiger partial charge on any atom is 0.490 e. The van der Waals surface area contributed by atoms with E-state index in [-0.39, 0.29) is 17.9 Å². The van der Waals surface area contributed by atoms with E-state index in [1.54, 1.807) is 6.20 Å². The number of aromatic amines is 1. The van der Waals surface area contributed by atoms with Gasteiger partial charge in [0, 0.05) is 35.6 Å². The molecule has 0 bridgehead atoms. The van der Waals surface area contributed by atoms with Crippen molar-refractivity contribution >= 4 is 29.3 Å². The lowest BCUT2D eigenvalue weighted by atomic mass is 10.1. The van der Waals surface area contributed by atoms with Crippen molar-refractivity contribution in [3.8, 4) is 11.1 Å². The van der Waals surface area contributed by atoms with E-state index in [2.05, 4.69) is 26.1 Å². The summed E-state index contributed by atoms with van der Waals surface area (Å²) >= 11 is 0. The van der Waals surface area contributed by atoms with Gasteiger partial charge in [-0.3, -0.25) is 9.89 Å². The van der Waals surface area contributed by atoms with Crippen LogP contribution in [0, 0.1) is 5.92 Å². The zero-order valence-electron chi connectivity index (χ0n) is 18.2. The quantitative estimate of drug-likeness (QED) is 0.350. The Morgan fingerprint density at radius 2 is 1.69 bits per heavy atom. The van der Waals surface area contributed by atoms with E-state index in [0.717, 1.165) is 35.2 Å². The zero-order chi connectivity index (χ0) is 25.4. The highest BCUT2D eigenvalue weighted by molar-refractivity contribution is 5.94. The van der Waals surface area contributed by atoms with Crippen LogP contribution >= 0.6 is 0 Å². The molecule has 0 radical (unpaired) electrons. The molecule has 1 aromatic heterocycles. The van der Waals surface area contributed by atoms with Crippen molar-refractivity contribution in [2.24, 2.45) is 5.92 Å². The molecule has 184 valence electrons. The normalized spacial score (nSPS) is 12.7. The van der Waals surface area contributed by atoms with Gasteiger partial charge in [0.2, 0.25) is 5.91 Å². The summed E-state index contributed by atoms with van der Waals surface area (Å²) in [6.45, 7) is 0.367. The van der Waals surface area contributed by atoms with Crippen molar-refractivity contribution in [1.29, 1.82) is 0 Å². The van der Waals surface area contributed by atoms with Crippen LogP contribution in [-0.4, -0.2) is 39.4 Å². The van der Waals surface area contributed by atoms with Crippen LogP contribution in [0.5, 0.6) is 0 Å². The number of nitrogens with one attached hydrogen (secondary N) is 4. The molecule has 0 aliphatic heterocycles. The van der Waals surface area contributed by atoms with Crippen molar-refractivity contribution in [1.82, 2.24) is 15.5 Å². The van der Waals surface area contributed by atoms with E-state index in [0.29, 0.717) is 12.2 Å². The van der Waals surface area contributed by atoms with Gasteiger partial charge in [-0.1, -0.05) is 24.3 Å². The molecule has 0 saturated heterocycles. The number of aliphatic carboxylic acids is 1. The lowest BCUT2D eigenvalue weighted by Gasteiger charge is -2.10. The summed E-state index contributed by atoms with van der Waals surface area (Å²) in [5.41, 5.74) is 4.38. The number of rotatable bonds is 6. The first kappa shape index (κ1) is 25.3. The Morgan fingerprint density at radius 3 is 2.26 bits per heavy atom. The van der Waals surface area contributed by atoms with Crippen molar-refractivity contribution in [3.63, 3.8) is 0 Å². The number of hydrogen-bond acceptors (Lipinski definition) is 4. The number of benzene rings is 2. The topological polar surface area (TPSA) is 136 Å². The Hall–Kier alpha value is -4.35. The minimum Gasteiger partial charge on any atom is -0.475 e. The second kappa shape index (κ2) is 11.2. The van der Waals surface area contributed by atoms with Crippen LogP contribution in [-0.2, 0) is 16.1 Å². The van der Waals surface area contributed by atoms with Crippen LogP contribution in [0.2, 0.25) is 0 Å². The molecule has 9 nitrogen and oxygen atoms in total. The number of alkyl halides is 3. The first-order valence-electron chi connectivity index (χ1n) is 10.5. The van der Waals surface area contributed by atoms with Gasteiger partial charge in [0.15, 0.2) is 0 Å². The second-order valence-electron chi connectivity index (χ2n) is 7.64. The van der Waals surface area contributed by atoms with Gasteiger partial charge in [-0.2, -0.15) is 18.3 Å². The summed E-state index contributed by atoms with van der Waals surface area (Å²) < 4.78 is 31.7. The number of nitrogens with zero attached hydrogens (tertiary/aromatic N) is 1. The first-order valence-corrected chi connectivity index (χ1v) is 10.5. The number of carboxylic acid groups (broad SMARTS) is 1. The van der Waals surface area contributed by atoms with Crippen LogP contribution in [0.1, 0.15) is 18.4 Å². The summed E-state index contributed by atoms with van der Waals surface area (Å²) in [7, 11) is 0. The van der Waals surface area contributed by atoms with Crippen LogP contribution in [0.25, 0.3) is 11.1 Å². The van der Waals surface area contributed by atoms with Crippen LogP contribution in [0.4, 0.5) is 29.3 Å². The van der Waals surface area contributed by atoms with Gasteiger partial charge in [-0.25, -0.2) is 9.59 Å². The Bertz CT molecular complexity index is 1160. The maximum absolute atomic E-state index is 12.2. The largest absolute Gasteiger partial charge is 0.490 e. The van der Waals surface area contributed by atoms with Crippen molar-refractivity contribution in [2.75, 3.05) is 10.6 Å². The monoisotopic (exact) mass is 489 g/mol. The molecule has 0 unspecified atom stereocenters.